The molecule has 0 saturated heterocycles. The Bertz CT molecular complexity index is 233. The number of hydrogen-bond acceptors (Lipinski definition) is 3. The van der Waals surface area contributed by atoms with Crippen LogP contribution in [0.2, 0.25) is 0 Å². The van der Waals surface area contributed by atoms with Crippen LogP contribution in [0.3, 0.4) is 0 Å². The fraction of sp³-hybridized carbons (Fsp3) is 0.556. The largest absolute Gasteiger partial charge is 0.396 e. The summed E-state index contributed by atoms with van der Waals surface area (Å²) in [5, 5.41) is 0. The number of carbonyl (C=O) groups is 2. The Morgan fingerprint density at radius 3 is 1.92 bits per heavy atom. The van der Waals surface area contributed by atoms with Crippen molar-refractivity contribution < 1.29 is 9.59 Å². The Morgan fingerprint density at radius 1 is 1.25 bits per heavy atom. The molecule has 0 aliphatic heterocycles. The highest BCUT2D eigenvalue weighted by atomic mass is 16.1. The zero-order chi connectivity index (χ0) is 9.94. The van der Waals surface area contributed by atoms with Crippen molar-refractivity contribution in [2.45, 2.75) is 27.7 Å². The monoisotopic (exact) mass is 169 g/mol. The van der Waals surface area contributed by atoms with E-state index in [9.17, 15) is 9.59 Å². The lowest BCUT2D eigenvalue weighted by Gasteiger charge is -2.13. The van der Waals surface area contributed by atoms with E-state index < -0.39 is 5.41 Å². The first kappa shape index (κ1) is 10.9. The van der Waals surface area contributed by atoms with E-state index >= 15 is 0 Å². The molecule has 0 unspecified atom stereocenters. The Labute approximate surface area is 72.6 Å². The van der Waals surface area contributed by atoms with Crippen molar-refractivity contribution in [1.82, 2.24) is 0 Å². The molecular formula is C9H15NO2. The maximum Gasteiger partial charge on any atom is 0.175 e. The molecular weight excluding hydrogens is 154 g/mol. The number of Topliss-reactive ketones (excluding diaryl/α,β-unsaturated/α-hetero) is 1. The molecule has 3 nitrogen and oxygen atoms in total. The predicted octanol–water partition coefficient (Wildman–Crippen LogP) is 1.03. The SMILES string of the molecule is CC(=O)C(N)=CC(=O)C(C)(C)C. The third kappa shape index (κ3) is 3.32. The molecule has 12 heavy (non-hydrogen) atoms. The van der Waals surface area contributed by atoms with Crippen LogP contribution in [0.5, 0.6) is 0 Å². The molecule has 0 aliphatic rings. The van der Waals surface area contributed by atoms with Crippen LogP contribution in [-0.4, -0.2) is 11.6 Å². The number of hydrogen-bond donors (Lipinski definition) is 1. The molecule has 0 radical (unpaired) electrons. The summed E-state index contributed by atoms with van der Waals surface area (Å²) in [4.78, 5) is 21.9. The smallest absolute Gasteiger partial charge is 0.175 e. The number of rotatable bonds is 2. The quantitative estimate of drug-likeness (QED) is 0.628. The van der Waals surface area contributed by atoms with E-state index in [0.717, 1.165) is 0 Å². The van der Waals surface area contributed by atoms with Gasteiger partial charge in [0.15, 0.2) is 11.6 Å². The molecule has 68 valence electrons. The van der Waals surface area contributed by atoms with Crippen LogP contribution in [-0.2, 0) is 9.59 Å². The van der Waals surface area contributed by atoms with Gasteiger partial charge in [0, 0.05) is 18.4 Å². The third-order valence-corrected chi connectivity index (χ3v) is 1.43. The minimum Gasteiger partial charge on any atom is -0.396 e. The van der Waals surface area contributed by atoms with Gasteiger partial charge in [-0.25, -0.2) is 0 Å². The first-order chi connectivity index (χ1) is 5.25. The Kier molecular flexibility index (Phi) is 3.19. The van der Waals surface area contributed by atoms with Gasteiger partial charge in [-0.3, -0.25) is 9.59 Å². The fourth-order valence-corrected chi connectivity index (χ4v) is 0.459. The van der Waals surface area contributed by atoms with Crippen LogP contribution >= 0.6 is 0 Å². The van der Waals surface area contributed by atoms with Gasteiger partial charge in [-0.2, -0.15) is 0 Å². The molecule has 0 fully saturated rings. The average molecular weight is 169 g/mol. The highest BCUT2D eigenvalue weighted by molar-refractivity contribution is 6.02. The molecule has 0 aromatic rings. The highest BCUT2D eigenvalue weighted by Gasteiger charge is 2.19. The Hall–Kier alpha value is -1.12. The summed E-state index contributed by atoms with van der Waals surface area (Å²) in [6, 6.07) is 0. The lowest BCUT2D eigenvalue weighted by atomic mass is 9.90. The lowest BCUT2D eigenvalue weighted by Crippen LogP contribution is -2.20. The van der Waals surface area contributed by atoms with Gasteiger partial charge in [0.2, 0.25) is 0 Å². The van der Waals surface area contributed by atoms with E-state index in [-0.39, 0.29) is 17.3 Å². The number of carbonyl (C=O) groups excluding carboxylic acids is 2. The van der Waals surface area contributed by atoms with Crippen LogP contribution in [0, 0.1) is 5.41 Å². The summed E-state index contributed by atoms with van der Waals surface area (Å²) < 4.78 is 0. The van der Waals surface area contributed by atoms with Crippen LogP contribution < -0.4 is 5.73 Å². The van der Waals surface area contributed by atoms with Crippen LogP contribution in [0.4, 0.5) is 0 Å². The van der Waals surface area contributed by atoms with Gasteiger partial charge in [0.25, 0.3) is 0 Å². The molecule has 0 rings (SSSR count). The molecule has 0 heterocycles. The molecule has 0 aromatic carbocycles. The zero-order valence-corrected chi connectivity index (χ0v) is 7.97. The summed E-state index contributed by atoms with van der Waals surface area (Å²) >= 11 is 0. The van der Waals surface area contributed by atoms with Gasteiger partial charge in [-0.15, -0.1) is 0 Å². The van der Waals surface area contributed by atoms with Gasteiger partial charge in [-0.1, -0.05) is 20.8 Å². The first-order valence-corrected chi connectivity index (χ1v) is 3.77. The molecule has 0 aliphatic carbocycles. The van der Waals surface area contributed by atoms with Gasteiger partial charge >= 0.3 is 0 Å². The van der Waals surface area contributed by atoms with Gasteiger partial charge in [0.05, 0.1) is 5.70 Å². The van der Waals surface area contributed by atoms with Gasteiger partial charge in [-0.05, 0) is 0 Å². The molecule has 0 amide bonds. The van der Waals surface area contributed by atoms with Crippen molar-refractivity contribution in [3.63, 3.8) is 0 Å². The highest BCUT2D eigenvalue weighted by Crippen LogP contribution is 2.15. The Balaban J connectivity index is 4.57. The second-order valence-corrected chi connectivity index (χ2v) is 3.77. The van der Waals surface area contributed by atoms with E-state index in [4.69, 9.17) is 5.73 Å². The fourth-order valence-electron chi connectivity index (χ4n) is 0.459. The van der Waals surface area contributed by atoms with E-state index in [1.165, 1.54) is 13.0 Å². The summed E-state index contributed by atoms with van der Waals surface area (Å²) in [7, 11) is 0. The summed E-state index contributed by atoms with van der Waals surface area (Å²) in [6.07, 6.45) is 1.20. The van der Waals surface area contributed by atoms with Crippen LogP contribution in [0.15, 0.2) is 11.8 Å². The minimum atomic E-state index is -0.472. The van der Waals surface area contributed by atoms with E-state index in [1.54, 1.807) is 20.8 Å². The first-order valence-electron chi connectivity index (χ1n) is 3.77. The van der Waals surface area contributed by atoms with Crippen molar-refractivity contribution >= 4 is 11.6 Å². The summed E-state index contributed by atoms with van der Waals surface area (Å²) in [6.45, 7) is 6.67. The van der Waals surface area contributed by atoms with E-state index in [2.05, 4.69) is 0 Å². The molecule has 0 spiro atoms. The van der Waals surface area contributed by atoms with Crippen molar-refractivity contribution in [3.05, 3.63) is 11.8 Å². The maximum absolute atomic E-state index is 11.3. The second kappa shape index (κ2) is 3.52. The number of allylic oxidation sites excluding steroid dienone is 2. The summed E-state index contributed by atoms with van der Waals surface area (Å²) in [5.74, 6) is -0.400. The van der Waals surface area contributed by atoms with Gasteiger partial charge in [0.1, 0.15) is 0 Å². The predicted molar refractivity (Wildman–Crippen MR) is 47.4 cm³/mol. The number of ketones is 2. The van der Waals surface area contributed by atoms with Crippen molar-refractivity contribution in [1.29, 1.82) is 0 Å². The molecule has 2 N–H and O–H groups in total. The van der Waals surface area contributed by atoms with Crippen molar-refractivity contribution in [3.8, 4) is 0 Å². The van der Waals surface area contributed by atoms with Crippen molar-refractivity contribution in [2.75, 3.05) is 0 Å². The molecule has 0 aromatic heterocycles. The number of nitrogens with two attached hydrogens (primary N) is 1. The third-order valence-electron chi connectivity index (χ3n) is 1.43. The minimum absolute atomic E-state index is 0.0231. The van der Waals surface area contributed by atoms with Crippen LogP contribution in [0.1, 0.15) is 27.7 Å². The standard InChI is InChI=1S/C9H15NO2/c1-6(11)7(10)5-8(12)9(2,3)4/h5H,10H2,1-4H3. The Morgan fingerprint density at radius 2 is 1.67 bits per heavy atom. The molecule has 0 saturated carbocycles. The average Bonchev–Trinajstić information content (AvgIpc) is 1.85. The maximum atomic E-state index is 11.3. The normalized spacial score (nSPS) is 12.8. The van der Waals surface area contributed by atoms with E-state index in [1.807, 2.05) is 0 Å². The van der Waals surface area contributed by atoms with Crippen LogP contribution in [0.25, 0.3) is 0 Å². The molecule has 0 bridgehead atoms. The van der Waals surface area contributed by atoms with Gasteiger partial charge < -0.3 is 5.73 Å². The zero-order valence-electron chi connectivity index (χ0n) is 7.97. The van der Waals surface area contributed by atoms with E-state index in [0.29, 0.717) is 0 Å². The molecule has 3 heteroatoms. The second-order valence-electron chi connectivity index (χ2n) is 3.77. The summed E-state index contributed by atoms with van der Waals surface area (Å²) in [5.41, 5.74) is 4.86. The van der Waals surface area contributed by atoms with Crippen molar-refractivity contribution in [2.24, 2.45) is 11.1 Å². The lowest BCUT2D eigenvalue weighted by molar-refractivity contribution is -0.122. The topological polar surface area (TPSA) is 60.2 Å². The molecule has 0 atom stereocenters.